The van der Waals surface area contributed by atoms with Crippen molar-refractivity contribution in [3.05, 3.63) is 0 Å². The standard InChI is InChI=1S/C30H52O26/c31-1-6-11(36)15(40)20(45)27(49-6)54-23-14(39)9(4-34)52-30(53-22-10(5-35)48-26(47)19(44)18(22)43)25(23)56-29-24(17(42)13(38)8(3-33)51-29)55-28-21(46)16(41)12(37)7(2-32)50-28/h6-47H,1-5H2/t6-,7-,8-,9-,10-,11-,12-,13-,14-,15+,16+,17+,18-,19-,20-,21-,22+,23+,24-,25-,26?,27+,28+,29+,30+/m1/s1. The van der Waals surface area contributed by atoms with Crippen molar-refractivity contribution >= 4 is 0 Å². The second kappa shape index (κ2) is 19.6. The van der Waals surface area contributed by atoms with E-state index in [1.807, 2.05) is 0 Å². The molecule has 56 heavy (non-hydrogen) atoms. The van der Waals surface area contributed by atoms with E-state index in [2.05, 4.69) is 0 Å². The Morgan fingerprint density at radius 1 is 0.268 bits per heavy atom. The molecule has 17 N–H and O–H groups in total. The number of ether oxygens (including phenoxy) is 9. The lowest BCUT2D eigenvalue weighted by Crippen LogP contribution is -2.69. The van der Waals surface area contributed by atoms with Gasteiger partial charge in [0.15, 0.2) is 31.5 Å². The van der Waals surface area contributed by atoms with Gasteiger partial charge in [-0.2, -0.15) is 0 Å². The van der Waals surface area contributed by atoms with Gasteiger partial charge in [0, 0.05) is 0 Å². The van der Waals surface area contributed by atoms with Gasteiger partial charge in [-0.25, -0.2) is 0 Å². The molecular formula is C30H52O26. The minimum absolute atomic E-state index is 0.903. The highest BCUT2D eigenvalue weighted by Gasteiger charge is 2.58. The number of aliphatic hydroxyl groups excluding tert-OH is 17. The molecule has 26 nitrogen and oxygen atoms in total. The fraction of sp³-hybridized carbons (Fsp3) is 1.00. The van der Waals surface area contributed by atoms with Gasteiger partial charge in [-0.05, 0) is 0 Å². The lowest BCUT2D eigenvalue weighted by Gasteiger charge is -2.51. The first kappa shape index (κ1) is 46.0. The Hall–Kier alpha value is -1.04. The predicted octanol–water partition coefficient (Wildman–Crippen LogP) is -11.9. The Morgan fingerprint density at radius 3 is 1.07 bits per heavy atom. The summed E-state index contributed by atoms with van der Waals surface area (Å²) >= 11 is 0. The zero-order valence-electron chi connectivity index (χ0n) is 29.2. The molecule has 0 aromatic carbocycles. The van der Waals surface area contributed by atoms with Gasteiger partial charge in [-0.1, -0.05) is 0 Å². The molecule has 0 amide bonds. The highest BCUT2D eigenvalue weighted by Crippen LogP contribution is 2.37. The van der Waals surface area contributed by atoms with E-state index in [0.717, 1.165) is 0 Å². The molecule has 0 spiro atoms. The van der Waals surface area contributed by atoms with E-state index < -0.39 is 187 Å². The van der Waals surface area contributed by atoms with Crippen molar-refractivity contribution in [1.29, 1.82) is 0 Å². The van der Waals surface area contributed by atoms with Crippen LogP contribution < -0.4 is 0 Å². The van der Waals surface area contributed by atoms with Gasteiger partial charge in [0.25, 0.3) is 0 Å². The van der Waals surface area contributed by atoms with E-state index in [-0.39, 0.29) is 0 Å². The molecule has 1 unspecified atom stereocenters. The van der Waals surface area contributed by atoms with Crippen molar-refractivity contribution in [3.63, 3.8) is 0 Å². The lowest BCUT2D eigenvalue weighted by atomic mass is 9.95. The molecule has 5 heterocycles. The maximum Gasteiger partial charge on any atom is 0.187 e. The minimum atomic E-state index is -2.13. The Labute approximate surface area is 316 Å². The number of hydrogen-bond acceptors (Lipinski definition) is 26. The van der Waals surface area contributed by atoms with Crippen molar-refractivity contribution in [3.8, 4) is 0 Å². The van der Waals surface area contributed by atoms with Crippen LogP contribution in [-0.2, 0) is 42.6 Å². The van der Waals surface area contributed by atoms with Crippen LogP contribution in [0.3, 0.4) is 0 Å². The van der Waals surface area contributed by atoms with Crippen molar-refractivity contribution < 1.29 is 129 Å². The van der Waals surface area contributed by atoms with Gasteiger partial charge in [-0.15, -0.1) is 0 Å². The molecule has 5 rings (SSSR count). The third-order valence-electron chi connectivity index (χ3n) is 10.3. The van der Waals surface area contributed by atoms with Crippen LogP contribution in [-0.4, -0.2) is 273 Å². The Kier molecular flexibility index (Phi) is 16.1. The third-order valence-corrected chi connectivity index (χ3v) is 10.3. The molecular weight excluding hydrogens is 776 g/mol. The molecule has 328 valence electrons. The average Bonchev–Trinajstić information content (AvgIpc) is 3.19. The molecule has 25 atom stereocenters. The van der Waals surface area contributed by atoms with Crippen molar-refractivity contribution in [2.75, 3.05) is 33.0 Å². The monoisotopic (exact) mass is 828 g/mol. The van der Waals surface area contributed by atoms with Crippen LogP contribution in [0.15, 0.2) is 0 Å². The third kappa shape index (κ3) is 9.16. The quantitative estimate of drug-likeness (QED) is 0.0819. The molecule has 0 aliphatic carbocycles. The summed E-state index contributed by atoms with van der Waals surface area (Å²) in [5.41, 5.74) is 0. The molecule has 0 bridgehead atoms. The van der Waals surface area contributed by atoms with Crippen LogP contribution in [0.25, 0.3) is 0 Å². The van der Waals surface area contributed by atoms with Gasteiger partial charge in [-0.3, -0.25) is 0 Å². The summed E-state index contributed by atoms with van der Waals surface area (Å²) in [5.74, 6) is 0. The lowest BCUT2D eigenvalue weighted by molar-refractivity contribution is -0.415. The summed E-state index contributed by atoms with van der Waals surface area (Å²) in [6.45, 7) is -4.78. The minimum Gasteiger partial charge on any atom is -0.394 e. The SMILES string of the molecule is OC[C@H]1O[C@@H](O[C@H]2[C@H](O[C@H]3[C@H](O[C@@H]4[C@H](O)[C@@H](O)C(O)O[C@@H]4CO)O[C@H](CO)[C@@H](O)[C@@H]3O[C@@H]3O[C@H](CO)[C@@H](O)[C@H](O)[C@H]3O)O[C@H](CO)[C@@H](O)[C@@H]2O)[C@H](O)[C@@H](O)[C@@H]1O. The van der Waals surface area contributed by atoms with Crippen LogP contribution in [0, 0.1) is 0 Å². The predicted molar refractivity (Wildman–Crippen MR) is 167 cm³/mol. The topological polar surface area (TPSA) is 427 Å². The molecule has 0 radical (unpaired) electrons. The van der Waals surface area contributed by atoms with E-state index >= 15 is 0 Å². The normalized spacial score (nSPS) is 53.2. The summed E-state index contributed by atoms with van der Waals surface area (Å²) in [4.78, 5) is 0. The molecule has 5 fully saturated rings. The van der Waals surface area contributed by atoms with Gasteiger partial charge in [0.1, 0.15) is 122 Å². The number of hydrogen-bond donors (Lipinski definition) is 17. The molecule has 5 saturated heterocycles. The van der Waals surface area contributed by atoms with Crippen molar-refractivity contribution in [1.82, 2.24) is 0 Å². The van der Waals surface area contributed by atoms with Crippen molar-refractivity contribution in [2.45, 2.75) is 154 Å². The maximum absolute atomic E-state index is 11.4. The van der Waals surface area contributed by atoms with Gasteiger partial charge in [0.2, 0.25) is 0 Å². The zero-order valence-corrected chi connectivity index (χ0v) is 29.2. The Bertz CT molecular complexity index is 1200. The van der Waals surface area contributed by atoms with Crippen LogP contribution in [0.2, 0.25) is 0 Å². The zero-order chi connectivity index (χ0) is 41.3. The first-order valence-electron chi connectivity index (χ1n) is 17.6. The molecule has 0 saturated carbocycles. The number of rotatable bonds is 13. The summed E-state index contributed by atoms with van der Waals surface area (Å²) in [6, 6.07) is 0. The molecule has 26 heteroatoms. The number of aliphatic hydroxyl groups is 17. The average molecular weight is 829 g/mol. The van der Waals surface area contributed by atoms with Crippen molar-refractivity contribution in [2.24, 2.45) is 0 Å². The second-order valence-electron chi connectivity index (χ2n) is 13.9. The first-order valence-corrected chi connectivity index (χ1v) is 17.6. The maximum atomic E-state index is 11.4. The Morgan fingerprint density at radius 2 is 0.607 bits per heavy atom. The highest BCUT2D eigenvalue weighted by atomic mass is 16.8. The van der Waals surface area contributed by atoms with E-state index in [1.165, 1.54) is 0 Å². The first-order chi connectivity index (χ1) is 26.5. The van der Waals surface area contributed by atoms with Gasteiger partial charge >= 0.3 is 0 Å². The van der Waals surface area contributed by atoms with E-state index in [0.29, 0.717) is 0 Å². The summed E-state index contributed by atoms with van der Waals surface area (Å²) in [5, 5.41) is 177. The summed E-state index contributed by atoms with van der Waals surface area (Å²) < 4.78 is 50.8. The van der Waals surface area contributed by atoms with Crippen LogP contribution in [0.1, 0.15) is 0 Å². The Balaban J connectivity index is 1.54. The molecule has 5 aliphatic heterocycles. The van der Waals surface area contributed by atoms with E-state index in [4.69, 9.17) is 42.6 Å². The fourth-order valence-corrected chi connectivity index (χ4v) is 6.98. The van der Waals surface area contributed by atoms with Crippen LogP contribution in [0.4, 0.5) is 0 Å². The largest absolute Gasteiger partial charge is 0.394 e. The molecule has 5 aliphatic rings. The van der Waals surface area contributed by atoms with Gasteiger partial charge in [0.05, 0.1) is 33.0 Å². The van der Waals surface area contributed by atoms with E-state index in [9.17, 15) is 86.8 Å². The molecule has 0 aromatic heterocycles. The van der Waals surface area contributed by atoms with Crippen LogP contribution >= 0.6 is 0 Å². The fourth-order valence-electron chi connectivity index (χ4n) is 6.98. The smallest absolute Gasteiger partial charge is 0.187 e. The highest BCUT2D eigenvalue weighted by molar-refractivity contribution is 4.99. The second-order valence-corrected chi connectivity index (χ2v) is 13.9. The summed E-state index contributed by atoms with van der Waals surface area (Å²) in [7, 11) is 0. The summed E-state index contributed by atoms with van der Waals surface area (Å²) in [6.07, 6.45) is -48.6. The van der Waals surface area contributed by atoms with Crippen LogP contribution in [0.5, 0.6) is 0 Å². The van der Waals surface area contributed by atoms with Gasteiger partial charge < -0.3 is 129 Å². The van der Waals surface area contributed by atoms with E-state index in [1.54, 1.807) is 0 Å². The molecule has 0 aromatic rings.